The topological polar surface area (TPSA) is 12.0 Å². The van der Waals surface area contributed by atoms with E-state index in [1.54, 1.807) is 0 Å². The molecule has 2 aliphatic rings. The molecule has 0 aromatic rings. The van der Waals surface area contributed by atoms with Crippen LogP contribution in [0.5, 0.6) is 0 Å². The van der Waals surface area contributed by atoms with E-state index in [0.717, 1.165) is 17.8 Å². The van der Waals surface area contributed by atoms with E-state index in [-0.39, 0.29) is 0 Å². The summed E-state index contributed by atoms with van der Waals surface area (Å²) in [6.07, 6.45) is 0. The van der Waals surface area contributed by atoms with Crippen LogP contribution in [0, 0.1) is 17.8 Å². The van der Waals surface area contributed by atoms with Gasteiger partial charge in [0.1, 0.15) is 0 Å². The highest BCUT2D eigenvalue weighted by Crippen LogP contribution is 2.49. The van der Waals surface area contributed by atoms with Crippen LogP contribution < -0.4 is 5.32 Å². The summed E-state index contributed by atoms with van der Waals surface area (Å²) in [7, 11) is 0. The molecule has 2 heteroatoms. The van der Waals surface area contributed by atoms with Gasteiger partial charge in [-0.2, -0.15) is 0 Å². The van der Waals surface area contributed by atoms with Crippen molar-refractivity contribution in [3.8, 4) is 0 Å². The first kappa shape index (κ1) is 5.47. The Hall–Kier alpha value is 0.690. The average Bonchev–Trinajstić information content (AvgIpc) is 2.22. The minimum absolute atomic E-state index is 1.08. The first-order chi connectivity index (χ1) is 3.93. The predicted molar refractivity (Wildman–Crippen MR) is 42.2 cm³/mol. The fourth-order valence-electron chi connectivity index (χ4n) is 1.78. The molecular weight excluding hydrogens is 213 g/mol. The molecule has 0 aromatic carbocycles. The number of rotatable bonds is 1. The zero-order chi connectivity index (χ0) is 5.56. The summed E-state index contributed by atoms with van der Waals surface area (Å²) in [5.41, 5.74) is 0. The second-order valence-electron chi connectivity index (χ2n) is 2.80. The van der Waals surface area contributed by atoms with Gasteiger partial charge in [-0.3, -0.25) is 0 Å². The van der Waals surface area contributed by atoms with Crippen molar-refractivity contribution >= 4 is 22.6 Å². The van der Waals surface area contributed by atoms with Crippen molar-refractivity contribution in [3.63, 3.8) is 0 Å². The van der Waals surface area contributed by atoms with Crippen molar-refractivity contribution in [2.75, 3.05) is 17.5 Å². The zero-order valence-corrected chi connectivity index (χ0v) is 6.89. The smallest absolute Gasteiger partial charge is 0.00301 e. The summed E-state index contributed by atoms with van der Waals surface area (Å²) in [4.78, 5) is 0. The van der Waals surface area contributed by atoms with E-state index in [9.17, 15) is 0 Å². The van der Waals surface area contributed by atoms with Crippen molar-refractivity contribution in [2.45, 2.75) is 0 Å². The number of alkyl halides is 1. The third-order valence-electron chi connectivity index (χ3n) is 2.45. The summed E-state index contributed by atoms with van der Waals surface area (Å²) in [6, 6.07) is 0. The first-order valence-corrected chi connectivity index (χ1v) is 4.72. The number of hydrogen-bond donors (Lipinski definition) is 1. The van der Waals surface area contributed by atoms with Gasteiger partial charge in [0.25, 0.3) is 0 Å². The van der Waals surface area contributed by atoms with Crippen molar-refractivity contribution < 1.29 is 0 Å². The summed E-state index contributed by atoms with van der Waals surface area (Å²) < 4.78 is 1.38. The maximum atomic E-state index is 3.38. The lowest BCUT2D eigenvalue weighted by Gasteiger charge is -1.96. The Bertz CT molecular complexity index is 87.9. The van der Waals surface area contributed by atoms with Crippen LogP contribution >= 0.6 is 22.6 Å². The second-order valence-corrected chi connectivity index (χ2v) is 3.68. The van der Waals surface area contributed by atoms with Gasteiger partial charge in [-0.25, -0.2) is 0 Å². The van der Waals surface area contributed by atoms with Crippen LogP contribution in [0.2, 0.25) is 0 Å². The quantitative estimate of drug-likeness (QED) is 0.514. The minimum Gasteiger partial charge on any atom is -0.316 e. The number of piperidine rings is 1. The molecule has 0 amide bonds. The molecule has 1 heterocycles. The molecule has 1 saturated carbocycles. The lowest BCUT2D eigenvalue weighted by atomic mass is 10.3. The molecule has 1 nitrogen and oxygen atoms in total. The Morgan fingerprint density at radius 1 is 1.38 bits per heavy atom. The molecule has 1 saturated heterocycles. The summed E-state index contributed by atoms with van der Waals surface area (Å²) >= 11 is 2.50. The molecule has 1 aliphatic heterocycles. The summed E-state index contributed by atoms with van der Waals surface area (Å²) in [5, 5.41) is 3.38. The molecule has 0 bridgehead atoms. The van der Waals surface area contributed by atoms with Crippen molar-refractivity contribution in [3.05, 3.63) is 0 Å². The van der Waals surface area contributed by atoms with Gasteiger partial charge < -0.3 is 5.32 Å². The van der Waals surface area contributed by atoms with Gasteiger partial charge in [0.15, 0.2) is 0 Å². The van der Waals surface area contributed by atoms with Gasteiger partial charge in [-0.05, 0) is 30.8 Å². The van der Waals surface area contributed by atoms with Crippen LogP contribution in [-0.4, -0.2) is 17.5 Å². The normalized spacial score (nSPS) is 51.4. The lowest BCUT2D eigenvalue weighted by Crippen LogP contribution is -2.14. The Morgan fingerprint density at radius 2 is 2.00 bits per heavy atom. The van der Waals surface area contributed by atoms with E-state index >= 15 is 0 Å². The first-order valence-electron chi connectivity index (χ1n) is 3.20. The number of nitrogens with one attached hydrogen (secondary N) is 1. The van der Waals surface area contributed by atoms with Gasteiger partial charge in [0, 0.05) is 4.43 Å². The van der Waals surface area contributed by atoms with E-state index in [4.69, 9.17) is 0 Å². The van der Waals surface area contributed by atoms with Crippen molar-refractivity contribution in [1.29, 1.82) is 0 Å². The van der Waals surface area contributed by atoms with Crippen LogP contribution in [-0.2, 0) is 0 Å². The van der Waals surface area contributed by atoms with Crippen LogP contribution in [0.4, 0.5) is 0 Å². The highest BCUT2D eigenvalue weighted by Gasteiger charge is 2.51. The molecule has 8 heavy (non-hydrogen) atoms. The summed E-state index contributed by atoms with van der Waals surface area (Å²) in [5.74, 6) is 3.25. The van der Waals surface area contributed by atoms with Gasteiger partial charge in [-0.15, -0.1) is 0 Å². The van der Waals surface area contributed by atoms with Gasteiger partial charge in [0.05, 0.1) is 0 Å². The Kier molecular flexibility index (Phi) is 1.26. The molecule has 1 aliphatic carbocycles. The fraction of sp³-hybridized carbons (Fsp3) is 1.00. The number of hydrogen-bond acceptors (Lipinski definition) is 1. The molecule has 0 unspecified atom stereocenters. The third kappa shape index (κ3) is 0.620. The monoisotopic (exact) mass is 223 g/mol. The SMILES string of the molecule is IC[C@H]1[C@H]2CNC[C@@H]12. The number of halogens is 1. The van der Waals surface area contributed by atoms with Crippen LogP contribution in [0.1, 0.15) is 0 Å². The molecule has 0 aromatic heterocycles. The van der Waals surface area contributed by atoms with Gasteiger partial charge in [-0.1, -0.05) is 22.6 Å². The van der Waals surface area contributed by atoms with Crippen molar-refractivity contribution in [2.24, 2.45) is 17.8 Å². The second kappa shape index (κ2) is 1.84. The average molecular weight is 223 g/mol. The van der Waals surface area contributed by atoms with Crippen LogP contribution in [0.25, 0.3) is 0 Å². The van der Waals surface area contributed by atoms with E-state index in [2.05, 4.69) is 27.9 Å². The minimum atomic E-state index is 1.08. The lowest BCUT2D eigenvalue weighted by molar-refractivity contribution is 0.645. The molecule has 1 N–H and O–H groups in total. The predicted octanol–water partition coefficient (Wildman–Crippen LogP) is 0.887. The molecule has 46 valence electrons. The highest BCUT2D eigenvalue weighted by atomic mass is 127. The molecular formula is C6H10IN. The third-order valence-corrected chi connectivity index (χ3v) is 3.46. The van der Waals surface area contributed by atoms with E-state index in [1.807, 2.05) is 0 Å². The standard InChI is InChI=1S/C6H10IN/c7-1-4-5-2-8-3-6(4)5/h4-6,8H,1-3H2/t4-,5+,6-. The Morgan fingerprint density at radius 3 is 2.38 bits per heavy atom. The van der Waals surface area contributed by atoms with E-state index in [0.29, 0.717) is 0 Å². The van der Waals surface area contributed by atoms with E-state index < -0.39 is 0 Å². The van der Waals surface area contributed by atoms with E-state index in [1.165, 1.54) is 17.5 Å². The maximum absolute atomic E-state index is 3.38. The van der Waals surface area contributed by atoms with Gasteiger partial charge in [0.2, 0.25) is 0 Å². The molecule has 2 rings (SSSR count). The number of fused-ring (bicyclic) bond motifs is 1. The van der Waals surface area contributed by atoms with Gasteiger partial charge >= 0.3 is 0 Å². The van der Waals surface area contributed by atoms with Crippen molar-refractivity contribution in [1.82, 2.24) is 5.32 Å². The zero-order valence-electron chi connectivity index (χ0n) is 4.73. The maximum Gasteiger partial charge on any atom is 0.00301 e. The highest BCUT2D eigenvalue weighted by molar-refractivity contribution is 14.1. The summed E-state index contributed by atoms with van der Waals surface area (Å²) in [6.45, 7) is 2.61. The Labute approximate surface area is 63.4 Å². The Balaban J connectivity index is 1.94. The molecule has 0 radical (unpaired) electrons. The largest absolute Gasteiger partial charge is 0.316 e. The fourth-order valence-corrected chi connectivity index (χ4v) is 3.08. The molecule has 2 fully saturated rings. The van der Waals surface area contributed by atoms with Crippen LogP contribution in [0.15, 0.2) is 0 Å². The van der Waals surface area contributed by atoms with Crippen LogP contribution in [0.3, 0.4) is 0 Å². The molecule has 0 spiro atoms. The molecule has 3 atom stereocenters.